The van der Waals surface area contributed by atoms with Crippen LogP contribution in [0.4, 0.5) is 19.0 Å². The first-order valence-corrected chi connectivity index (χ1v) is 16.6. The lowest BCUT2D eigenvalue weighted by Crippen LogP contribution is -2.56. The predicted octanol–water partition coefficient (Wildman–Crippen LogP) is 6.34. The fraction of sp³-hybridized carbons (Fsp3) is 0.486. The lowest BCUT2D eigenvalue weighted by molar-refractivity contribution is -0.131. The number of nitrogens with zero attached hydrogens (tertiary/aromatic N) is 6. The van der Waals surface area contributed by atoms with Gasteiger partial charge in [0.15, 0.2) is 11.6 Å². The molecule has 2 aromatic carbocycles. The van der Waals surface area contributed by atoms with E-state index in [1.807, 2.05) is 17.0 Å². The molecule has 0 saturated carbocycles. The molecule has 0 spiro atoms. The third-order valence-electron chi connectivity index (χ3n) is 10.3. The average molecular weight is 665 g/mol. The first-order chi connectivity index (χ1) is 22.7. The lowest BCUT2D eigenvalue weighted by atomic mass is 9.85. The Morgan fingerprint density at radius 2 is 2.00 bits per heavy atom. The molecule has 3 saturated heterocycles. The van der Waals surface area contributed by atoms with Crippen molar-refractivity contribution in [2.45, 2.75) is 62.7 Å². The monoisotopic (exact) mass is 664 g/mol. The molecule has 1 aromatic heterocycles. The second-order valence-corrected chi connectivity index (χ2v) is 13.5. The zero-order chi connectivity index (χ0) is 32.9. The van der Waals surface area contributed by atoms with Crippen LogP contribution in [0.2, 0.25) is 5.02 Å². The largest absolute Gasteiger partial charge is 0.461 e. The molecule has 4 heterocycles. The van der Waals surface area contributed by atoms with E-state index in [1.165, 1.54) is 10.5 Å². The SMILES string of the molecule is [C-]#[N+]C[C@H]1CN(c2nc(OC[C@@]34CCCN3C[C@H](F)C4)nc3c(F)c(-c4cccc5c4CCCC5)c(Cl)cc23)CCN1C(=O)C(=C)F. The van der Waals surface area contributed by atoms with E-state index < -0.39 is 35.3 Å². The number of carbonyl (C=O) groups excluding carboxylic acids is 1. The third-order valence-corrected chi connectivity index (χ3v) is 10.6. The number of amides is 1. The molecule has 0 N–H and O–H groups in total. The Morgan fingerprint density at radius 1 is 1.17 bits per heavy atom. The van der Waals surface area contributed by atoms with Gasteiger partial charge in [-0.25, -0.2) is 19.7 Å². The summed E-state index contributed by atoms with van der Waals surface area (Å²) in [6.07, 6.45) is 4.98. The number of ether oxygens (including phenoxy) is 1. The van der Waals surface area contributed by atoms with Crippen molar-refractivity contribution in [1.29, 1.82) is 0 Å². The van der Waals surface area contributed by atoms with Crippen molar-refractivity contribution in [3.63, 3.8) is 0 Å². The number of hydrogen-bond donors (Lipinski definition) is 0. The Hall–Kier alpha value is -3.88. The number of rotatable bonds is 7. The number of fused-ring (bicyclic) bond motifs is 3. The molecule has 4 aliphatic rings. The van der Waals surface area contributed by atoms with Crippen LogP contribution in [-0.4, -0.2) is 89.3 Å². The lowest BCUT2D eigenvalue weighted by Gasteiger charge is -2.39. The van der Waals surface area contributed by atoms with E-state index in [0.29, 0.717) is 24.2 Å². The Bertz CT molecular complexity index is 1800. The van der Waals surface area contributed by atoms with E-state index in [9.17, 15) is 13.6 Å². The second-order valence-electron chi connectivity index (χ2n) is 13.1. The molecule has 3 atom stereocenters. The third kappa shape index (κ3) is 5.69. The molecule has 246 valence electrons. The van der Waals surface area contributed by atoms with Crippen LogP contribution in [0.5, 0.6) is 6.01 Å². The molecule has 3 fully saturated rings. The highest BCUT2D eigenvalue weighted by Crippen LogP contribution is 2.43. The minimum absolute atomic E-state index is 0.0331. The van der Waals surface area contributed by atoms with Crippen molar-refractivity contribution < 1.29 is 22.7 Å². The highest BCUT2D eigenvalue weighted by Gasteiger charge is 2.49. The first-order valence-electron chi connectivity index (χ1n) is 16.3. The Labute approximate surface area is 277 Å². The minimum atomic E-state index is -1.09. The number of carbonyl (C=O) groups is 1. The van der Waals surface area contributed by atoms with Gasteiger partial charge in [0.05, 0.1) is 10.6 Å². The molecule has 12 heteroatoms. The van der Waals surface area contributed by atoms with Crippen LogP contribution < -0.4 is 9.64 Å². The summed E-state index contributed by atoms with van der Waals surface area (Å²) in [6, 6.07) is 6.87. The quantitative estimate of drug-likeness (QED) is 0.217. The number of piperazine rings is 1. The van der Waals surface area contributed by atoms with Crippen LogP contribution >= 0.6 is 11.6 Å². The maximum atomic E-state index is 16.9. The summed E-state index contributed by atoms with van der Waals surface area (Å²) in [5.41, 5.74) is 2.86. The van der Waals surface area contributed by atoms with Gasteiger partial charge in [-0.05, 0) is 67.8 Å². The molecule has 0 bridgehead atoms. The van der Waals surface area contributed by atoms with Gasteiger partial charge in [0.2, 0.25) is 6.54 Å². The summed E-state index contributed by atoms with van der Waals surface area (Å²) in [6.45, 7) is 12.3. The van der Waals surface area contributed by atoms with E-state index in [0.717, 1.165) is 56.2 Å². The normalized spacial score (nSPS) is 24.2. The van der Waals surface area contributed by atoms with E-state index >= 15 is 4.39 Å². The highest BCUT2D eigenvalue weighted by molar-refractivity contribution is 6.34. The van der Waals surface area contributed by atoms with Crippen molar-refractivity contribution in [2.75, 3.05) is 50.8 Å². The van der Waals surface area contributed by atoms with Gasteiger partial charge in [-0.1, -0.05) is 36.4 Å². The van der Waals surface area contributed by atoms with Gasteiger partial charge in [-0.3, -0.25) is 9.69 Å². The summed E-state index contributed by atoms with van der Waals surface area (Å²) in [5.74, 6) is -2.21. The fourth-order valence-electron chi connectivity index (χ4n) is 8.11. The molecule has 7 rings (SSSR count). The first kappa shape index (κ1) is 31.7. The maximum absolute atomic E-state index is 16.9. The molecule has 1 amide bonds. The number of alkyl halides is 1. The fourth-order valence-corrected chi connectivity index (χ4v) is 8.40. The predicted molar refractivity (Wildman–Crippen MR) is 175 cm³/mol. The van der Waals surface area contributed by atoms with Gasteiger partial charge in [-0.2, -0.15) is 9.97 Å². The number of anilines is 1. The van der Waals surface area contributed by atoms with Gasteiger partial charge >= 0.3 is 6.01 Å². The number of aryl methyl sites for hydroxylation is 1. The van der Waals surface area contributed by atoms with Crippen LogP contribution in [0.3, 0.4) is 0 Å². The van der Waals surface area contributed by atoms with E-state index in [4.69, 9.17) is 27.9 Å². The molecule has 0 radical (unpaired) electrons. The zero-order valence-electron chi connectivity index (χ0n) is 26.1. The van der Waals surface area contributed by atoms with Crippen molar-refractivity contribution in [3.05, 3.63) is 70.1 Å². The topological polar surface area (TPSA) is 66.2 Å². The van der Waals surface area contributed by atoms with Crippen LogP contribution in [-0.2, 0) is 17.6 Å². The molecular formula is C35H36ClF3N6O2. The Kier molecular flexibility index (Phi) is 8.51. The summed E-state index contributed by atoms with van der Waals surface area (Å²) >= 11 is 6.90. The van der Waals surface area contributed by atoms with E-state index in [1.54, 1.807) is 6.07 Å². The average Bonchev–Trinajstić information content (AvgIpc) is 3.59. The summed E-state index contributed by atoms with van der Waals surface area (Å²) in [7, 11) is 0. The summed E-state index contributed by atoms with van der Waals surface area (Å²) in [4.78, 5) is 30.7. The van der Waals surface area contributed by atoms with Crippen molar-refractivity contribution in [1.82, 2.24) is 19.8 Å². The van der Waals surface area contributed by atoms with Gasteiger partial charge in [0.1, 0.15) is 30.2 Å². The van der Waals surface area contributed by atoms with Gasteiger partial charge in [-0.15, -0.1) is 0 Å². The van der Waals surface area contributed by atoms with E-state index in [2.05, 4.69) is 27.4 Å². The summed E-state index contributed by atoms with van der Waals surface area (Å²) < 4.78 is 51.5. The number of hydrogen-bond acceptors (Lipinski definition) is 6. The number of aromatic nitrogens is 2. The minimum Gasteiger partial charge on any atom is -0.461 e. The second kappa shape index (κ2) is 12.6. The molecule has 0 unspecified atom stereocenters. The van der Waals surface area contributed by atoms with Crippen molar-refractivity contribution in [2.24, 2.45) is 0 Å². The number of benzene rings is 2. The van der Waals surface area contributed by atoms with E-state index in [-0.39, 0.29) is 54.9 Å². The molecule has 47 heavy (non-hydrogen) atoms. The molecule has 3 aromatic rings. The molecule has 8 nitrogen and oxygen atoms in total. The summed E-state index contributed by atoms with van der Waals surface area (Å²) in [5, 5.41) is 0.572. The number of halogens is 4. The molecule has 1 aliphatic carbocycles. The molecular weight excluding hydrogens is 629 g/mol. The maximum Gasteiger partial charge on any atom is 0.319 e. The standard InChI is InChI=1S/C35H36ClF3N6O2/c1-21(37)33(46)45-14-13-43(19-24(45)17-40-2)32-27-15-28(36)29(26-10-5-8-22-7-3-4-9-25(22)26)30(39)31(27)41-34(42-32)47-20-35-11-6-12-44(35)18-23(38)16-35/h5,8,10,15,23-24H,1,3-4,6-7,9,11-14,16-20H2/t23-,24+,35+/m1/s1. The van der Waals surface area contributed by atoms with Gasteiger partial charge in [0, 0.05) is 43.5 Å². The van der Waals surface area contributed by atoms with Crippen LogP contribution in [0, 0.1) is 12.4 Å². The van der Waals surface area contributed by atoms with Crippen LogP contribution in [0.1, 0.15) is 43.2 Å². The van der Waals surface area contributed by atoms with Crippen molar-refractivity contribution in [3.8, 4) is 17.1 Å². The Balaban J connectivity index is 1.33. The van der Waals surface area contributed by atoms with Crippen molar-refractivity contribution >= 4 is 34.2 Å². The highest BCUT2D eigenvalue weighted by atomic mass is 35.5. The molecule has 3 aliphatic heterocycles. The van der Waals surface area contributed by atoms with Crippen LogP contribution in [0.25, 0.3) is 26.9 Å². The van der Waals surface area contributed by atoms with Crippen LogP contribution in [0.15, 0.2) is 36.7 Å². The smallest absolute Gasteiger partial charge is 0.319 e. The zero-order valence-corrected chi connectivity index (χ0v) is 26.8. The Morgan fingerprint density at radius 3 is 2.81 bits per heavy atom. The van der Waals surface area contributed by atoms with Gasteiger partial charge in [0.25, 0.3) is 5.91 Å². The van der Waals surface area contributed by atoms with Gasteiger partial charge < -0.3 is 19.4 Å².